The molecule has 3 heterocycles. The summed E-state index contributed by atoms with van der Waals surface area (Å²) in [5, 5.41) is 11.9. The second kappa shape index (κ2) is 8.02. The minimum Gasteiger partial charge on any atom is -0.371 e. The van der Waals surface area contributed by atoms with Crippen LogP contribution in [0.1, 0.15) is 39.1 Å². The van der Waals surface area contributed by atoms with E-state index in [1.807, 2.05) is 0 Å². The van der Waals surface area contributed by atoms with Crippen molar-refractivity contribution in [3.05, 3.63) is 65.5 Å². The lowest BCUT2D eigenvalue weighted by Crippen LogP contribution is -2.66. The smallest absolute Gasteiger partial charge is 0.254 e. The van der Waals surface area contributed by atoms with Crippen molar-refractivity contribution >= 4 is 11.8 Å². The van der Waals surface area contributed by atoms with E-state index in [0.717, 1.165) is 12.8 Å². The molecule has 1 aromatic carbocycles. The van der Waals surface area contributed by atoms with E-state index in [0.29, 0.717) is 42.9 Å². The number of nitrogens with zero attached hydrogens (tertiary/aromatic N) is 3. The van der Waals surface area contributed by atoms with Gasteiger partial charge in [0, 0.05) is 24.5 Å². The highest BCUT2D eigenvalue weighted by atomic mass is 16.5. The summed E-state index contributed by atoms with van der Waals surface area (Å²) in [6, 6.07) is 12.3. The predicted octanol–water partition coefficient (Wildman–Crippen LogP) is 2.00. The van der Waals surface area contributed by atoms with Crippen LogP contribution in [0.4, 0.5) is 0 Å². The largest absolute Gasteiger partial charge is 0.371 e. The Labute approximate surface area is 169 Å². The molecule has 2 aliphatic heterocycles. The Morgan fingerprint density at radius 1 is 1.28 bits per heavy atom. The van der Waals surface area contributed by atoms with Crippen molar-refractivity contribution in [3.8, 4) is 6.07 Å². The molecule has 29 heavy (non-hydrogen) atoms. The molecule has 2 amide bonds. The maximum absolute atomic E-state index is 12.6. The predicted molar refractivity (Wildman–Crippen MR) is 105 cm³/mol. The van der Waals surface area contributed by atoms with Crippen LogP contribution < -0.4 is 5.32 Å². The van der Waals surface area contributed by atoms with Crippen LogP contribution in [0, 0.1) is 17.2 Å². The average molecular weight is 390 g/mol. The fourth-order valence-electron chi connectivity index (χ4n) is 3.86. The first-order valence-corrected chi connectivity index (χ1v) is 9.70. The van der Waals surface area contributed by atoms with Crippen molar-refractivity contribution in [2.24, 2.45) is 5.92 Å². The van der Waals surface area contributed by atoms with Crippen molar-refractivity contribution in [1.82, 2.24) is 15.2 Å². The molecule has 2 aliphatic rings. The Kier molecular flexibility index (Phi) is 5.28. The van der Waals surface area contributed by atoms with Gasteiger partial charge in [-0.25, -0.2) is 0 Å². The minimum absolute atomic E-state index is 0.0674. The van der Waals surface area contributed by atoms with Gasteiger partial charge in [-0.2, -0.15) is 5.26 Å². The number of nitrogens with one attached hydrogen (secondary N) is 1. The number of amides is 2. The summed E-state index contributed by atoms with van der Waals surface area (Å²) < 4.78 is 6.10. The van der Waals surface area contributed by atoms with Gasteiger partial charge in [0.2, 0.25) is 0 Å². The zero-order chi connectivity index (χ0) is 20.3. The molecule has 1 spiro atoms. The Morgan fingerprint density at radius 2 is 2.10 bits per heavy atom. The van der Waals surface area contributed by atoms with Crippen LogP contribution in [0.3, 0.4) is 0 Å². The molecule has 1 atom stereocenters. The third-order valence-corrected chi connectivity index (χ3v) is 5.59. The molecule has 1 aromatic heterocycles. The van der Waals surface area contributed by atoms with Gasteiger partial charge in [0.1, 0.15) is 5.60 Å². The van der Waals surface area contributed by atoms with E-state index < -0.39 is 0 Å². The summed E-state index contributed by atoms with van der Waals surface area (Å²) in [5.41, 5.74) is 1.29. The van der Waals surface area contributed by atoms with Crippen LogP contribution in [0.25, 0.3) is 0 Å². The first kappa shape index (κ1) is 19.1. The topological polar surface area (TPSA) is 95.3 Å². The van der Waals surface area contributed by atoms with Gasteiger partial charge in [0.25, 0.3) is 11.8 Å². The number of carbonyl (C=O) groups is 2. The molecule has 0 bridgehead atoms. The van der Waals surface area contributed by atoms with E-state index in [4.69, 9.17) is 10.00 Å². The van der Waals surface area contributed by atoms with E-state index in [1.54, 1.807) is 53.7 Å². The van der Waals surface area contributed by atoms with E-state index in [-0.39, 0.29) is 23.3 Å². The molecule has 1 unspecified atom stereocenters. The highest BCUT2D eigenvalue weighted by molar-refractivity contribution is 5.95. The monoisotopic (exact) mass is 390 g/mol. The van der Waals surface area contributed by atoms with E-state index in [1.165, 1.54) is 0 Å². The van der Waals surface area contributed by atoms with Crippen molar-refractivity contribution in [2.75, 3.05) is 26.2 Å². The number of pyridine rings is 1. The van der Waals surface area contributed by atoms with Gasteiger partial charge in [-0.15, -0.1) is 0 Å². The second-order valence-corrected chi connectivity index (χ2v) is 7.70. The zero-order valence-electron chi connectivity index (χ0n) is 16.0. The number of hydrogen-bond acceptors (Lipinski definition) is 5. The average Bonchev–Trinajstić information content (AvgIpc) is 2.76. The number of aromatic nitrogens is 1. The minimum atomic E-state index is -0.271. The van der Waals surface area contributed by atoms with Crippen LogP contribution in [-0.4, -0.2) is 53.5 Å². The van der Waals surface area contributed by atoms with Gasteiger partial charge < -0.3 is 15.0 Å². The summed E-state index contributed by atoms with van der Waals surface area (Å²) in [4.78, 5) is 30.5. The molecule has 2 fully saturated rings. The molecule has 0 aliphatic carbocycles. The lowest BCUT2D eigenvalue weighted by Gasteiger charge is -2.52. The number of benzene rings is 1. The fraction of sp³-hybridized carbons (Fsp3) is 0.364. The van der Waals surface area contributed by atoms with E-state index >= 15 is 0 Å². The van der Waals surface area contributed by atoms with Crippen molar-refractivity contribution in [1.29, 1.82) is 5.26 Å². The van der Waals surface area contributed by atoms with Gasteiger partial charge in [0.15, 0.2) is 0 Å². The molecule has 0 radical (unpaired) electrons. The SMILES string of the molecule is N#Cc1cccc(C(=O)N2CC3(CCC(CNC(=O)c4cccnc4)CO3)C2)c1. The lowest BCUT2D eigenvalue weighted by molar-refractivity contribution is -0.166. The highest BCUT2D eigenvalue weighted by Gasteiger charge is 2.48. The molecule has 2 saturated heterocycles. The van der Waals surface area contributed by atoms with Crippen LogP contribution in [0.2, 0.25) is 0 Å². The Morgan fingerprint density at radius 3 is 2.79 bits per heavy atom. The molecular formula is C22H22N4O3. The van der Waals surface area contributed by atoms with Gasteiger partial charge in [-0.1, -0.05) is 6.07 Å². The molecule has 1 N–H and O–H groups in total. The first-order valence-electron chi connectivity index (χ1n) is 9.70. The number of hydrogen-bond donors (Lipinski definition) is 1. The summed E-state index contributed by atoms with van der Waals surface area (Å²) in [6.07, 6.45) is 4.99. The standard InChI is InChI=1S/C22H22N4O3/c23-10-16-3-1-4-18(9-16)21(28)26-14-22(15-26)7-6-17(13-29-22)11-25-20(27)19-5-2-8-24-12-19/h1-5,8-9,12,17H,6-7,11,13-15H2,(H,25,27). The molecule has 7 nitrogen and oxygen atoms in total. The quantitative estimate of drug-likeness (QED) is 0.862. The molecule has 0 saturated carbocycles. The summed E-state index contributed by atoms with van der Waals surface area (Å²) in [7, 11) is 0. The molecule has 148 valence electrons. The summed E-state index contributed by atoms with van der Waals surface area (Å²) in [5.74, 6) is 0.0684. The fourth-order valence-corrected chi connectivity index (χ4v) is 3.86. The van der Waals surface area contributed by atoms with Crippen molar-refractivity contribution in [3.63, 3.8) is 0 Å². The third kappa shape index (κ3) is 4.13. The van der Waals surface area contributed by atoms with E-state index in [9.17, 15) is 9.59 Å². The number of ether oxygens (including phenoxy) is 1. The van der Waals surface area contributed by atoms with Gasteiger partial charge in [-0.3, -0.25) is 14.6 Å². The van der Waals surface area contributed by atoms with Crippen LogP contribution >= 0.6 is 0 Å². The number of nitriles is 1. The molecule has 2 aromatic rings. The second-order valence-electron chi connectivity index (χ2n) is 7.70. The Hall–Kier alpha value is -3.24. The van der Waals surface area contributed by atoms with Gasteiger partial charge in [-0.05, 0) is 49.1 Å². The maximum Gasteiger partial charge on any atom is 0.254 e. The normalized spacial score (nSPS) is 19.8. The molecular weight excluding hydrogens is 368 g/mol. The third-order valence-electron chi connectivity index (χ3n) is 5.59. The number of rotatable bonds is 4. The van der Waals surface area contributed by atoms with E-state index in [2.05, 4.69) is 16.4 Å². The highest BCUT2D eigenvalue weighted by Crippen LogP contribution is 2.36. The van der Waals surface area contributed by atoms with Gasteiger partial charge >= 0.3 is 0 Å². The lowest BCUT2D eigenvalue weighted by atomic mass is 9.82. The van der Waals surface area contributed by atoms with Gasteiger partial charge in [0.05, 0.1) is 36.9 Å². The van der Waals surface area contributed by atoms with Crippen LogP contribution in [0.15, 0.2) is 48.8 Å². The van der Waals surface area contributed by atoms with Crippen molar-refractivity contribution < 1.29 is 14.3 Å². The zero-order valence-corrected chi connectivity index (χ0v) is 16.0. The number of likely N-dealkylation sites (tertiary alicyclic amines) is 1. The Balaban J connectivity index is 1.24. The Bertz CT molecular complexity index is 938. The summed E-state index contributed by atoms with van der Waals surface area (Å²) >= 11 is 0. The van der Waals surface area contributed by atoms with Crippen LogP contribution in [-0.2, 0) is 4.74 Å². The number of carbonyl (C=O) groups excluding carboxylic acids is 2. The van der Waals surface area contributed by atoms with Crippen molar-refractivity contribution in [2.45, 2.75) is 18.4 Å². The first-order chi connectivity index (χ1) is 14.1. The van der Waals surface area contributed by atoms with Crippen LogP contribution in [0.5, 0.6) is 0 Å². The maximum atomic E-state index is 12.6. The summed E-state index contributed by atoms with van der Waals surface area (Å²) in [6.45, 7) is 2.27. The molecule has 4 rings (SSSR count). The molecule has 7 heteroatoms.